The van der Waals surface area contributed by atoms with E-state index in [-0.39, 0.29) is 5.78 Å². The number of rotatable bonds is 10. The van der Waals surface area contributed by atoms with Crippen molar-refractivity contribution in [2.75, 3.05) is 6.54 Å². The molecule has 0 spiro atoms. The Morgan fingerprint density at radius 3 is 2.23 bits per heavy atom. The van der Waals surface area contributed by atoms with Gasteiger partial charge in [-0.25, -0.2) is 0 Å². The molecular weight excluding hydrogens is 321 g/mol. The number of benzene rings is 2. The van der Waals surface area contributed by atoms with E-state index in [9.17, 15) is 4.79 Å². The summed E-state index contributed by atoms with van der Waals surface area (Å²) >= 11 is 0. The van der Waals surface area contributed by atoms with Crippen molar-refractivity contribution >= 4 is 13.1 Å². The monoisotopic (exact) mass is 347 g/mol. The molecule has 1 unspecified atom stereocenters. The third-order valence-electron chi connectivity index (χ3n) is 4.48. The third-order valence-corrected chi connectivity index (χ3v) is 4.48. The molecule has 0 bridgehead atoms. The second-order valence-electron chi connectivity index (χ2n) is 6.50. The van der Waals surface area contributed by atoms with Crippen molar-refractivity contribution in [3.8, 4) is 17.3 Å². The average Bonchev–Trinajstić information content (AvgIpc) is 2.68. The summed E-state index contributed by atoms with van der Waals surface area (Å²) in [7, 11) is 5.34. The summed E-state index contributed by atoms with van der Waals surface area (Å²) in [5, 5.41) is 0. The van der Waals surface area contributed by atoms with Crippen LogP contribution >= 0.6 is 0 Å². The van der Waals surface area contributed by atoms with E-state index in [1.165, 1.54) is 0 Å². The van der Waals surface area contributed by atoms with Gasteiger partial charge in [-0.05, 0) is 31.7 Å². The number of ether oxygens (including phenoxy) is 1. The van der Waals surface area contributed by atoms with Crippen molar-refractivity contribution in [1.82, 2.24) is 0 Å². The fourth-order valence-electron chi connectivity index (χ4n) is 2.95. The summed E-state index contributed by atoms with van der Waals surface area (Å²) in [5.41, 5.74) is 7.31. The number of Topliss-reactive ketones (excluding diaryl/α,β-unsaturated/α-hetero) is 1. The molecule has 1 atom stereocenters. The number of hydrogen-bond acceptors (Lipinski definition) is 3. The van der Waals surface area contributed by atoms with Gasteiger partial charge in [-0.3, -0.25) is 0 Å². The van der Waals surface area contributed by atoms with Gasteiger partial charge in [-0.15, -0.1) is 0 Å². The van der Waals surface area contributed by atoms with E-state index in [1.54, 1.807) is 0 Å². The number of carbonyl (C=O) groups excluding carboxylic acids is 1. The van der Waals surface area contributed by atoms with Crippen molar-refractivity contribution in [3.05, 3.63) is 59.7 Å². The third kappa shape index (κ3) is 6.22. The normalized spacial score (nSPS) is 11.7. The van der Waals surface area contributed by atoms with Gasteiger partial charge in [0.2, 0.25) is 0 Å². The van der Waals surface area contributed by atoms with Gasteiger partial charge in [0.25, 0.3) is 0 Å². The first-order valence-corrected chi connectivity index (χ1v) is 9.24. The van der Waals surface area contributed by atoms with Crippen LogP contribution in [0.5, 0.6) is 11.5 Å². The van der Waals surface area contributed by atoms with Crippen LogP contribution in [0.1, 0.15) is 54.9 Å². The molecular formula is C22H26BNO2. The molecule has 0 heterocycles. The molecule has 0 fully saturated rings. The molecule has 2 N–H and O–H groups in total. The quantitative estimate of drug-likeness (QED) is 0.501. The fraction of sp³-hybridized carbons (Fsp3) is 0.364. The Kier molecular flexibility index (Phi) is 8.20. The molecule has 134 valence electrons. The predicted molar refractivity (Wildman–Crippen MR) is 107 cm³/mol. The zero-order chi connectivity index (χ0) is 18.8. The van der Waals surface area contributed by atoms with Crippen LogP contribution in [0.15, 0.2) is 48.5 Å². The van der Waals surface area contributed by atoms with E-state index in [4.69, 9.17) is 17.8 Å². The maximum absolute atomic E-state index is 12.3. The molecule has 2 aromatic rings. The maximum atomic E-state index is 12.3. The Labute approximate surface area is 157 Å². The standard InChI is InChI=1S/C22H26BNO2/c1-2-4-18(16-24)5-3-6-22(25)19-9-13-21(14-10-19)26-20-11-7-17(15-23)8-12-20/h7-14,18H,2-6,16,24H2,1H3. The van der Waals surface area contributed by atoms with Crippen LogP contribution in [-0.2, 0) is 0 Å². The van der Waals surface area contributed by atoms with Gasteiger partial charge in [0.1, 0.15) is 0 Å². The molecule has 0 saturated carbocycles. The van der Waals surface area contributed by atoms with Crippen molar-refractivity contribution in [1.29, 1.82) is 0 Å². The molecule has 0 radical (unpaired) electrons. The predicted octanol–water partition coefficient (Wildman–Crippen LogP) is 4.68. The van der Waals surface area contributed by atoms with Gasteiger partial charge < -0.3 is 5.73 Å². The Balaban J connectivity index is 1.85. The molecule has 4 heteroatoms. The van der Waals surface area contributed by atoms with Gasteiger partial charge in [-0.2, -0.15) is 0 Å². The van der Waals surface area contributed by atoms with Crippen LogP contribution in [0.25, 0.3) is 0 Å². The molecule has 3 nitrogen and oxygen atoms in total. The Bertz CT molecular complexity index is 732. The summed E-state index contributed by atoms with van der Waals surface area (Å²) in [6.07, 6.45) is 4.75. The van der Waals surface area contributed by atoms with Gasteiger partial charge in [-0.1, -0.05) is 13.3 Å². The van der Waals surface area contributed by atoms with Crippen LogP contribution < -0.4 is 10.5 Å². The molecule has 0 aliphatic carbocycles. The van der Waals surface area contributed by atoms with Gasteiger partial charge >= 0.3 is 106 Å². The zero-order valence-corrected chi connectivity index (χ0v) is 15.4. The molecule has 0 saturated heterocycles. The van der Waals surface area contributed by atoms with Crippen LogP contribution in [0.3, 0.4) is 0 Å². The second-order valence-corrected chi connectivity index (χ2v) is 6.50. The molecule has 26 heavy (non-hydrogen) atoms. The van der Waals surface area contributed by atoms with E-state index >= 15 is 0 Å². The van der Waals surface area contributed by atoms with Crippen LogP contribution in [-0.4, -0.2) is 19.7 Å². The first-order valence-electron chi connectivity index (χ1n) is 9.24. The van der Waals surface area contributed by atoms with Crippen LogP contribution in [0.4, 0.5) is 0 Å². The molecule has 2 rings (SSSR count). The fourth-order valence-corrected chi connectivity index (χ4v) is 2.95. The minimum atomic E-state index is 0.169. The van der Waals surface area contributed by atoms with E-state index in [0.717, 1.165) is 36.8 Å². The SMILES string of the molecule is B#Cc1ccc(Oc2ccc(C(=O)CCCC(CN)CCC)cc2)cc1. The topological polar surface area (TPSA) is 52.3 Å². The van der Waals surface area contributed by atoms with Crippen molar-refractivity contribution in [2.45, 2.75) is 39.0 Å². The minimum absolute atomic E-state index is 0.169. The van der Waals surface area contributed by atoms with Crippen molar-refractivity contribution in [2.24, 2.45) is 11.7 Å². The molecule has 0 aliphatic rings. The summed E-state index contributed by atoms with van der Waals surface area (Å²) in [4.78, 5) is 12.3. The van der Waals surface area contributed by atoms with E-state index in [0.29, 0.717) is 30.4 Å². The zero-order valence-electron chi connectivity index (χ0n) is 15.4. The van der Waals surface area contributed by atoms with Gasteiger partial charge in [0.05, 0.1) is 0 Å². The Morgan fingerprint density at radius 2 is 1.69 bits per heavy atom. The van der Waals surface area contributed by atoms with Crippen molar-refractivity contribution in [3.63, 3.8) is 0 Å². The Morgan fingerprint density at radius 1 is 1.08 bits per heavy atom. The van der Waals surface area contributed by atoms with Crippen molar-refractivity contribution < 1.29 is 9.53 Å². The molecule has 0 aromatic heterocycles. The average molecular weight is 347 g/mol. The first-order chi connectivity index (χ1) is 12.7. The summed E-state index contributed by atoms with van der Waals surface area (Å²) in [5.74, 6) is 4.68. The number of hydrogen-bond donors (Lipinski definition) is 1. The van der Waals surface area contributed by atoms with Gasteiger partial charge in [0, 0.05) is 0 Å². The number of nitrogens with two attached hydrogens (primary N) is 1. The van der Waals surface area contributed by atoms with E-state index in [2.05, 4.69) is 12.7 Å². The van der Waals surface area contributed by atoms with Gasteiger partial charge in [0.15, 0.2) is 0 Å². The van der Waals surface area contributed by atoms with Crippen LogP contribution in [0.2, 0.25) is 0 Å². The molecule has 0 aliphatic heterocycles. The summed E-state index contributed by atoms with van der Waals surface area (Å²) in [6.45, 7) is 2.87. The van der Waals surface area contributed by atoms with E-state index < -0.39 is 0 Å². The Hall–Kier alpha value is -2.29. The first kappa shape index (κ1) is 20.0. The molecule has 2 aromatic carbocycles. The van der Waals surface area contributed by atoms with Crippen LogP contribution in [0, 0.1) is 11.7 Å². The number of carbonyl (C=O) groups is 1. The summed E-state index contributed by atoms with van der Waals surface area (Å²) < 4.78 is 5.77. The second kappa shape index (κ2) is 10.6. The number of ketones is 1. The molecule has 0 amide bonds. The van der Waals surface area contributed by atoms with E-state index in [1.807, 2.05) is 48.5 Å². The summed E-state index contributed by atoms with van der Waals surface area (Å²) in [6, 6.07) is 14.6.